The van der Waals surface area contributed by atoms with Crippen LogP contribution < -0.4 is 0 Å². The van der Waals surface area contributed by atoms with E-state index < -0.39 is 0 Å². The molecule has 0 saturated heterocycles. The van der Waals surface area contributed by atoms with Crippen LogP contribution in [0.1, 0.15) is 0 Å². The molecule has 0 saturated carbocycles. The van der Waals surface area contributed by atoms with E-state index in [1.54, 1.807) is 0 Å². The highest BCUT2D eigenvalue weighted by molar-refractivity contribution is 6.41. The topological polar surface area (TPSA) is 0 Å². The third-order valence-electron chi connectivity index (χ3n) is 13.8. The van der Waals surface area contributed by atoms with Gasteiger partial charge in [-0.15, -0.1) is 0 Å². The molecule has 0 aliphatic heterocycles. The van der Waals surface area contributed by atoms with E-state index in [4.69, 9.17) is 0 Å². The van der Waals surface area contributed by atoms with Crippen molar-refractivity contribution in [3.63, 3.8) is 0 Å². The van der Waals surface area contributed by atoms with Crippen LogP contribution in [0.3, 0.4) is 0 Å². The molecule has 306 valence electrons. The van der Waals surface area contributed by atoms with E-state index in [1.807, 2.05) is 0 Å². The summed E-state index contributed by atoms with van der Waals surface area (Å²) >= 11 is 0. The summed E-state index contributed by atoms with van der Waals surface area (Å²) in [6, 6.07) is 94.6. The van der Waals surface area contributed by atoms with E-state index >= 15 is 0 Å². The Morgan fingerprint density at radius 3 is 0.788 bits per heavy atom. The third kappa shape index (κ3) is 5.86. The molecule has 0 amide bonds. The van der Waals surface area contributed by atoms with Crippen LogP contribution in [0, 0.1) is 0 Å². The van der Waals surface area contributed by atoms with Gasteiger partial charge < -0.3 is 0 Å². The molecule has 0 N–H and O–H groups in total. The fourth-order valence-electron chi connectivity index (χ4n) is 11.2. The first kappa shape index (κ1) is 37.9. The molecule has 0 heterocycles. The second-order valence-corrected chi connectivity index (χ2v) is 17.4. The summed E-state index contributed by atoms with van der Waals surface area (Å²) < 4.78 is 0. The number of benzene rings is 13. The van der Waals surface area contributed by atoms with Crippen molar-refractivity contribution in [3.8, 4) is 66.8 Å². The summed E-state index contributed by atoms with van der Waals surface area (Å²) in [6.07, 6.45) is 0. The Kier molecular flexibility index (Phi) is 8.96. The molecule has 0 aliphatic rings. The lowest BCUT2D eigenvalue weighted by Gasteiger charge is -2.30. The normalized spacial score (nSPS) is 11.6. The molecule has 0 heteroatoms. The van der Waals surface area contributed by atoms with Crippen LogP contribution in [-0.4, -0.2) is 0 Å². The Labute approximate surface area is 384 Å². The van der Waals surface area contributed by atoms with Crippen LogP contribution in [0.5, 0.6) is 0 Å². The quantitative estimate of drug-likeness (QED) is 0.116. The van der Waals surface area contributed by atoms with Gasteiger partial charge in [-0.2, -0.15) is 0 Å². The van der Waals surface area contributed by atoms with Gasteiger partial charge in [-0.1, -0.05) is 255 Å². The summed E-state index contributed by atoms with van der Waals surface area (Å²) in [4.78, 5) is 0. The van der Waals surface area contributed by atoms with E-state index in [2.05, 4.69) is 255 Å². The molecule has 66 heavy (non-hydrogen) atoms. The Bertz CT molecular complexity index is 3720. The molecule has 0 unspecified atom stereocenters. The Morgan fingerprint density at radius 2 is 0.424 bits per heavy atom. The van der Waals surface area contributed by atoms with Gasteiger partial charge >= 0.3 is 0 Å². The van der Waals surface area contributed by atoms with Crippen molar-refractivity contribution in [1.82, 2.24) is 0 Å². The second kappa shape index (κ2) is 15.6. The van der Waals surface area contributed by atoms with Crippen molar-refractivity contribution in [2.45, 2.75) is 0 Å². The van der Waals surface area contributed by atoms with Gasteiger partial charge in [0, 0.05) is 0 Å². The minimum atomic E-state index is 1.17. The van der Waals surface area contributed by atoms with Gasteiger partial charge in [0.25, 0.3) is 0 Å². The second-order valence-electron chi connectivity index (χ2n) is 17.4. The molecule has 0 aromatic heterocycles. The molecular weight excluding hydrogens is 793 g/mol. The van der Waals surface area contributed by atoms with Crippen LogP contribution in [0.4, 0.5) is 0 Å². The van der Waals surface area contributed by atoms with Gasteiger partial charge in [-0.3, -0.25) is 0 Å². The van der Waals surface area contributed by atoms with Crippen molar-refractivity contribution >= 4 is 64.6 Å². The maximum atomic E-state index is 2.37. The molecule has 0 bridgehead atoms. The van der Waals surface area contributed by atoms with Crippen molar-refractivity contribution in [3.05, 3.63) is 255 Å². The zero-order valence-electron chi connectivity index (χ0n) is 36.2. The zero-order valence-corrected chi connectivity index (χ0v) is 36.2. The van der Waals surface area contributed by atoms with Gasteiger partial charge in [-0.25, -0.2) is 0 Å². The third-order valence-corrected chi connectivity index (χ3v) is 13.8. The van der Waals surface area contributed by atoms with Crippen molar-refractivity contribution in [2.75, 3.05) is 0 Å². The molecule has 13 rings (SSSR count). The lowest BCUT2D eigenvalue weighted by atomic mass is 9.72. The first-order chi connectivity index (χ1) is 32.8. The smallest absolute Gasteiger partial charge is 0.0000706 e. The molecule has 13 aromatic carbocycles. The molecule has 0 aliphatic carbocycles. The maximum absolute atomic E-state index is 2.37. The van der Waals surface area contributed by atoms with E-state index in [1.165, 1.54) is 131 Å². The minimum absolute atomic E-state index is 1.17. The molecule has 0 spiro atoms. The minimum Gasteiger partial charge on any atom is -0.0622 e. The lowest BCUT2D eigenvalue weighted by molar-refractivity contribution is 1.58. The fourth-order valence-corrected chi connectivity index (χ4v) is 11.2. The highest BCUT2D eigenvalue weighted by Crippen LogP contribution is 2.60. The molecule has 0 radical (unpaired) electrons. The monoisotopic (exact) mass is 834 g/mol. The van der Waals surface area contributed by atoms with Gasteiger partial charge in [0.15, 0.2) is 0 Å². The lowest BCUT2D eigenvalue weighted by Crippen LogP contribution is -2.02. The maximum Gasteiger partial charge on any atom is -0.0000706 e. The van der Waals surface area contributed by atoms with Gasteiger partial charge in [0.05, 0.1) is 0 Å². The van der Waals surface area contributed by atoms with E-state index in [0.29, 0.717) is 0 Å². The van der Waals surface area contributed by atoms with E-state index in [-0.39, 0.29) is 0 Å². The number of hydrogen-bond donors (Lipinski definition) is 0. The summed E-state index contributed by atoms with van der Waals surface area (Å²) in [5, 5.41) is 14.9. The van der Waals surface area contributed by atoms with E-state index in [0.717, 1.165) is 0 Å². The molecule has 0 fully saturated rings. The Hall–Kier alpha value is -8.58. The van der Waals surface area contributed by atoms with Crippen LogP contribution in [0.2, 0.25) is 0 Å². The summed E-state index contributed by atoms with van der Waals surface area (Å²) in [6.45, 7) is 0. The van der Waals surface area contributed by atoms with Crippen molar-refractivity contribution in [1.29, 1.82) is 0 Å². The average Bonchev–Trinajstić information content (AvgIpc) is 3.40. The summed E-state index contributed by atoms with van der Waals surface area (Å²) in [5.41, 5.74) is 14.5. The number of rotatable bonds is 6. The summed E-state index contributed by atoms with van der Waals surface area (Å²) in [7, 11) is 0. The SMILES string of the molecule is c1ccc(-c2c(-c3ccccc3)c(-c3cccc4ccccc34)c3c(-c4ccccc4)c4c5ccccc5c5ccccc5c4c(-c4ccccc4)c3c2-c2cccc3ccccc23)cc1. The molecular formula is C66H42. The summed E-state index contributed by atoms with van der Waals surface area (Å²) in [5.74, 6) is 0. The fraction of sp³-hybridized carbons (Fsp3) is 0. The van der Waals surface area contributed by atoms with Gasteiger partial charge in [0.2, 0.25) is 0 Å². The average molecular weight is 835 g/mol. The number of hydrogen-bond acceptors (Lipinski definition) is 0. The van der Waals surface area contributed by atoms with Crippen molar-refractivity contribution < 1.29 is 0 Å². The Morgan fingerprint density at radius 1 is 0.152 bits per heavy atom. The van der Waals surface area contributed by atoms with Gasteiger partial charge in [-0.05, 0) is 131 Å². The molecule has 13 aromatic rings. The standard InChI is InChI=1S/C66H42/c1-5-25-45(26-6-1)57-58(46-27-7-2-8-28-46)64(54-42-22-34-44-24-14-16-36-50(44)54)66-60(48-31-11-4-12-32-48)62-56-40-20-18-38-52(56)51-37-17-19-39-55(51)61(62)59(47-29-9-3-10-30-47)65(66)63(57)53-41-21-33-43-23-13-15-35-49(43)53/h1-42H. The van der Waals surface area contributed by atoms with Crippen molar-refractivity contribution in [2.24, 2.45) is 0 Å². The number of fused-ring (bicyclic) bond motifs is 9. The predicted octanol–water partition coefficient (Wildman–Crippen LogP) is 18.6. The van der Waals surface area contributed by atoms with Crippen LogP contribution in [0.25, 0.3) is 131 Å². The highest BCUT2D eigenvalue weighted by atomic mass is 14.3. The predicted molar refractivity (Wildman–Crippen MR) is 284 cm³/mol. The van der Waals surface area contributed by atoms with Crippen LogP contribution in [-0.2, 0) is 0 Å². The largest absolute Gasteiger partial charge is 0.0622 e. The first-order valence-electron chi connectivity index (χ1n) is 22.9. The van der Waals surface area contributed by atoms with Crippen LogP contribution >= 0.6 is 0 Å². The molecule has 0 nitrogen and oxygen atoms in total. The zero-order chi connectivity index (χ0) is 43.6. The Balaban J connectivity index is 1.48. The molecule has 0 atom stereocenters. The van der Waals surface area contributed by atoms with E-state index in [9.17, 15) is 0 Å². The highest BCUT2D eigenvalue weighted by Gasteiger charge is 2.32. The van der Waals surface area contributed by atoms with Crippen LogP contribution in [0.15, 0.2) is 255 Å². The van der Waals surface area contributed by atoms with Gasteiger partial charge in [0.1, 0.15) is 0 Å². The first-order valence-corrected chi connectivity index (χ1v) is 22.9.